The Morgan fingerprint density at radius 1 is 1.28 bits per heavy atom. The lowest BCUT2D eigenvalue weighted by Crippen LogP contribution is -2.31. The molecule has 0 saturated heterocycles. The summed E-state index contributed by atoms with van der Waals surface area (Å²) in [7, 11) is 0. The van der Waals surface area contributed by atoms with Gasteiger partial charge in [-0.3, -0.25) is 19.1 Å². The molecule has 2 aromatic heterocycles. The molecule has 0 aliphatic carbocycles. The van der Waals surface area contributed by atoms with Gasteiger partial charge >= 0.3 is 0 Å². The quantitative estimate of drug-likeness (QED) is 0.781. The second-order valence-corrected chi connectivity index (χ2v) is 3.46. The van der Waals surface area contributed by atoms with Crippen LogP contribution in [0.2, 0.25) is 0 Å². The normalized spacial score (nSPS) is 10.0. The minimum Gasteiger partial charge on any atom is -0.349 e. The van der Waals surface area contributed by atoms with Gasteiger partial charge < -0.3 is 5.32 Å². The molecule has 1 amide bonds. The molecule has 2 rings (SSSR count). The second kappa shape index (κ2) is 5.67. The number of nitrogens with one attached hydrogen (secondary N) is 1. The van der Waals surface area contributed by atoms with Crippen molar-refractivity contribution in [2.45, 2.75) is 6.54 Å². The van der Waals surface area contributed by atoms with E-state index in [2.05, 4.69) is 20.3 Å². The Morgan fingerprint density at radius 2 is 2.17 bits per heavy atom. The fourth-order valence-electron chi connectivity index (χ4n) is 1.34. The summed E-state index contributed by atoms with van der Waals surface area (Å²) in [5.41, 5.74) is 0.0924. The zero-order valence-electron chi connectivity index (χ0n) is 9.48. The van der Waals surface area contributed by atoms with Gasteiger partial charge in [-0.1, -0.05) is 0 Å². The first kappa shape index (κ1) is 11.9. The molecular weight excluding hydrogens is 234 g/mol. The number of hydrogen-bond donors (Lipinski definition) is 1. The van der Waals surface area contributed by atoms with Gasteiger partial charge in [0.1, 0.15) is 5.69 Å². The van der Waals surface area contributed by atoms with E-state index in [4.69, 9.17) is 0 Å². The van der Waals surface area contributed by atoms with E-state index in [9.17, 15) is 9.59 Å². The van der Waals surface area contributed by atoms with Crippen LogP contribution in [0.3, 0.4) is 0 Å². The maximum absolute atomic E-state index is 11.6. The van der Waals surface area contributed by atoms with Crippen molar-refractivity contribution in [2.24, 2.45) is 0 Å². The summed E-state index contributed by atoms with van der Waals surface area (Å²) in [6.45, 7) is 0.680. The monoisotopic (exact) mass is 245 g/mol. The van der Waals surface area contributed by atoms with Crippen LogP contribution < -0.4 is 10.9 Å². The molecule has 0 aliphatic rings. The van der Waals surface area contributed by atoms with Crippen LogP contribution in [0.5, 0.6) is 0 Å². The number of rotatable bonds is 4. The molecule has 0 bridgehead atoms. The molecular formula is C11H11N5O2. The smallest absolute Gasteiger partial charge is 0.271 e. The molecule has 0 atom stereocenters. The third kappa shape index (κ3) is 2.97. The maximum atomic E-state index is 11.6. The highest BCUT2D eigenvalue weighted by Crippen LogP contribution is 1.89. The number of hydrogen-bond acceptors (Lipinski definition) is 5. The number of nitrogens with zero attached hydrogens (tertiary/aromatic N) is 4. The van der Waals surface area contributed by atoms with Gasteiger partial charge in [0.15, 0.2) is 0 Å². The predicted molar refractivity (Wildman–Crippen MR) is 62.9 cm³/mol. The molecule has 0 saturated carbocycles. The van der Waals surface area contributed by atoms with Crippen molar-refractivity contribution in [3.05, 3.63) is 53.2 Å². The molecule has 0 aromatic carbocycles. The number of carbonyl (C=O) groups excluding carboxylic acids is 1. The van der Waals surface area contributed by atoms with Crippen molar-refractivity contribution in [3.8, 4) is 0 Å². The molecule has 7 nitrogen and oxygen atoms in total. The third-order valence-corrected chi connectivity index (χ3v) is 2.23. The van der Waals surface area contributed by atoms with Gasteiger partial charge in [-0.25, -0.2) is 9.97 Å². The van der Waals surface area contributed by atoms with Crippen molar-refractivity contribution in [3.63, 3.8) is 0 Å². The minimum absolute atomic E-state index is 0.154. The second-order valence-electron chi connectivity index (χ2n) is 3.46. The highest BCUT2D eigenvalue weighted by atomic mass is 16.2. The Kier molecular flexibility index (Phi) is 3.75. The van der Waals surface area contributed by atoms with E-state index < -0.39 is 0 Å². The molecule has 0 radical (unpaired) electrons. The summed E-state index contributed by atoms with van der Waals surface area (Å²) in [5.74, 6) is -0.319. The van der Waals surface area contributed by atoms with Crippen LogP contribution in [-0.2, 0) is 6.54 Å². The standard InChI is InChI=1S/C11H11N5O2/c17-10-1-2-13-8-16(10)6-5-15-11(18)9-7-12-3-4-14-9/h1-4,7-8H,5-6H2,(H,15,18). The van der Waals surface area contributed by atoms with Gasteiger partial charge in [0, 0.05) is 37.7 Å². The fourth-order valence-corrected chi connectivity index (χ4v) is 1.34. The Balaban J connectivity index is 1.88. The Morgan fingerprint density at radius 3 is 2.89 bits per heavy atom. The van der Waals surface area contributed by atoms with Crippen molar-refractivity contribution in [2.75, 3.05) is 6.54 Å². The largest absolute Gasteiger partial charge is 0.349 e. The van der Waals surface area contributed by atoms with Crippen molar-refractivity contribution in [1.82, 2.24) is 24.8 Å². The number of amides is 1. The first-order chi connectivity index (χ1) is 8.77. The number of carbonyl (C=O) groups is 1. The van der Waals surface area contributed by atoms with Crippen LogP contribution in [0, 0.1) is 0 Å². The zero-order chi connectivity index (χ0) is 12.8. The lowest BCUT2D eigenvalue weighted by atomic mass is 10.4. The third-order valence-electron chi connectivity index (χ3n) is 2.23. The summed E-state index contributed by atoms with van der Waals surface area (Å²) < 4.78 is 1.41. The van der Waals surface area contributed by atoms with Crippen LogP contribution in [0.1, 0.15) is 10.5 Å². The average molecular weight is 245 g/mol. The zero-order valence-corrected chi connectivity index (χ0v) is 9.48. The summed E-state index contributed by atoms with van der Waals surface area (Å²) in [6, 6.07) is 1.37. The van der Waals surface area contributed by atoms with E-state index in [1.165, 1.54) is 41.7 Å². The lowest BCUT2D eigenvalue weighted by molar-refractivity contribution is 0.0946. The Labute approximate surface area is 103 Å². The SMILES string of the molecule is O=C(NCCn1cnccc1=O)c1cnccn1. The predicted octanol–water partition coefficient (Wildman–Crippen LogP) is -0.537. The summed E-state index contributed by atoms with van der Waals surface area (Å²) in [4.78, 5) is 34.4. The van der Waals surface area contributed by atoms with E-state index in [0.29, 0.717) is 13.1 Å². The van der Waals surface area contributed by atoms with Gasteiger partial charge in [0.25, 0.3) is 11.5 Å². The van der Waals surface area contributed by atoms with E-state index in [-0.39, 0.29) is 17.2 Å². The van der Waals surface area contributed by atoms with Gasteiger partial charge in [-0.05, 0) is 0 Å². The Bertz CT molecular complexity index is 581. The maximum Gasteiger partial charge on any atom is 0.271 e. The summed E-state index contributed by atoms with van der Waals surface area (Å²) in [6.07, 6.45) is 7.17. The first-order valence-corrected chi connectivity index (χ1v) is 5.32. The van der Waals surface area contributed by atoms with Crippen molar-refractivity contribution >= 4 is 5.91 Å². The van der Waals surface area contributed by atoms with Crippen molar-refractivity contribution < 1.29 is 4.79 Å². The highest BCUT2D eigenvalue weighted by molar-refractivity contribution is 5.91. The molecule has 0 aliphatic heterocycles. The molecule has 2 aromatic rings. The molecule has 2 heterocycles. The van der Waals surface area contributed by atoms with Gasteiger partial charge in [-0.2, -0.15) is 0 Å². The molecule has 1 N–H and O–H groups in total. The van der Waals surface area contributed by atoms with Gasteiger partial charge in [0.2, 0.25) is 0 Å². The lowest BCUT2D eigenvalue weighted by Gasteiger charge is -2.05. The molecule has 0 spiro atoms. The number of aromatic nitrogens is 4. The molecule has 92 valence electrons. The Hall–Kier alpha value is -2.57. The fraction of sp³-hybridized carbons (Fsp3) is 0.182. The highest BCUT2D eigenvalue weighted by Gasteiger charge is 2.05. The summed E-state index contributed by atoms with van der Waals surface area (Å²) in [5, 5.41) is 2.65. The van der Waals surface area contributed by atoms with Gasteiger partial charge in [0.05, 0.1) is 12.5 Å². The van der Waals surface area contributed by atoms with E-state index in [1.54, 1.807) is 0 Å². The van der Waals surface area contributed by atoms with Crippen LogP contribution in [0.4, 0.5) is 0 Å². The van der Waals surface area contributed by atoms with E-state index >= 15 is 0 Å². The van der Waals surface area contributed by atoms with Gasteiger partial charge in [-0.15, -0.1) is 0 Å². The summed E-state index contributed by atoms with van der Waals surface area (Å²) >= 11 is 0. The average Bonchev–Trinajstić information content (AvgIpc) is 2.42. The molecule has 0 fully saturated rings. The van der Waals surface area contributed by atoms with Crippen LogP contribution >= 0.6 is 0 Å². The van der Waals surface area contributed by atoms with Crippen LogP contribution in [0.25, 0.3) is 0 Å². The molecule has 0 unspecified atom stereocenters. The van der Waals surface area contributed by atoms with E-state index in [1.807, 2.05) is 0 Å². The topological polar surface area (TPSA) is 89.8 Å². The first-order valence-electron chi connectivity index (χ1n) is 5.32. The molecule has 7 heteroatoms. The minimum atomic E-state index is -0.319. The van der Waals surface area contributed by atoms with Crippen LogP contribution in [0.15, 0.2) is 42.0 Å². The van der Waals surface area contributed by atoms with Crippen LogP contribution in [-0.4, -0.2) is 32.0 Å². The van der Waals surface area contributed by atoms with E-state index in [0.717, 1.165) is 0 Å². The molecule has 18 heavy (non-hydrogen) atoms. The van der Waals surface area contributed by atoms with Crippen molar-refractivity contribution in [1.29, 1.82) is 0 Å².